The molecule has 1 saturated carbocycles. The molecule has 2 aliphatic carbocycles. The third-order valence-electron chi connectivity index (χ3n) is 13.4. The Kier molecular flexibility index (Phi) is 20.9. The van der Waals surface area contributed by atoms with E-state index in [1.54, 1.807) is 31.2 Å². The quantitative estimate of drug-likeness (QED) is 0.0431. The van der Waals surface area contributed by atoms with Gasteiger partial charge in [-0.2, -0.15) is 0 Å². The van der Waals surface area contributed by atoms with Crippen molar-refractivity contribution in [1.82, 2.24) is 10.2 Å². The van der Waals surface area contributed by atoms with Crippen molar-refractivity contribution in [3.05, 3.63) is 77.9 Å². The Morgan fingerprint density at radius 3 is 2.29 bits per heavy atom. The summed E-state index contributed by atoms with van der Waals surface area (Å²) in [4.78, 5) is 35.9. The Bertz CT molecular complexity index is 1910. The number of carbonyl (C=O) groups is 2. The van der Waals surface area contributed by atoms with Gasteiger partial charge in [0.1, 0.15) is 28.9 Å². The highest BCUT2D eigenvalue weighted by Gasteiger charge is 2.65. The Labute approximate surface area is 395 Å². The second-order valence-corrected chi connectivity index (χ2v) is 19.5. The minimum Gasteiger partial charge on any atom is -0.497 e. The Morgan fingerprint density at radius 2 is 1.62 bits per heavy atom. The number of aliphatic hydroxyl groups excluding tert-OH is 2. The number of nitrogens with one attached hydrogen (secondary N) is 1. The zero-order valence-electron chi connectivity index (χ0n) is 41.0. The molecule has 5 rings (SSSR count). The van der Waals surface area contributed by atoms with Crippen LogP contribution in [-0.2, 0) is 20.8 Å². The highest BCUT2D eigenvalue weighted by molar-refractivity contribution is 6.03. The summed E-state index contributed by atoms with van der Waals surface area (Å²) in [5.74, 6) is -0.499. The Hall–Kier alpha value is -4.39. The molecule has 1 heterocycles. The Balaban J connectivity index is 1.54. The number of hydrogen-bond acceptors (Lipinski definition) is 10. The molecule has 0 spiro atoms. The molecule has 2 aromatic rings. The van der Waals surface area contributed by atoms with Gasteiger partial charge >= 0.3 is 6.09 Å². The van der Waals surface area contributed by atoms with Crippen molar-refractivity contribution in [3.8, 4) is 17.2 Å². The van der Waals surface area contributed by atoms with Crippen molar-refractivity contribution in [2.75, 3.05) is 40.5 Å². The molecule has 3 N–H and O–H groups in total. The van der Waals surface area contributed by atoms with E-state index in [0.717, 1.165) is 67.4 Å². The largest absolute Gasteiger partial charge is 0.497 e. The summed E-state index contributed by atoms with van der Waals surface area (Å²) in [5.41, 5.74) is 2.76. The van der Waals surface area contributed by atoms with Gasteiger partial charge in [-0.15, -0.1) is 6.58 Å². The number of rotatable bonds is 28. The van der Waals surface area contributed by atoms with E-state index in [1.165, 1.54) is 44.9 Å². The number of fused-ring (bicyclic) bond motifs is 2. The van der Waals surface area contributed by atoms with Crippen molar-refractivity contribution < 1.29 is 43.6 Å². The molecule has 0 saturated heterocycles. The number of carbonyl (C=O) groups excluding carboxylic acids is 2. The summed E-state index contributed by atoms with van der Waals surface area (Å²) in [5, 5.41) is 27.8. The van der Waals surface area contributed by atoms with Gasteiger partial charge in [-0.05, 0) is 106 Å². The van der Waals surface area contributed by atoms with Crippen LogP contribution < -0.4 is 19.5 Å². The first kappa shape index (κ1) is 52.6. The van der Waals surface area contributed by atoms with E-state index < -0.39 is 29.4 Å². The van der Waals surface area contributed by atoms with Crippen LogP contribution in [0.15, 0.2) is 71.9 Å². The van der Waals surface area contributed by atoms with Gasteiger partial charge in [-0.25, -0.2) is 4.79 Å². The summed E-state index contributed by atoms with van der Waals surface area (Å²) in [7, 11) is 3.42. The standard InChI is InChI=1S/C54H81N3O9/c1-8-10-11-12-13-14-15-16-17-20-30-55-52(61)64-42-28-29-47-45(37-42)50-43(27-19-22-32-59)40(25-18-21-31-58)36-44-46(56-66-53(3,4)5)38-48(54(65-47,51(44)50)63-33-9-2)57(6)49(60)35-39-24-23-26-41(34-39)62-7/h9,23-24,26,28-29,34,36-37,40,43,48,50-51,58-59H,2,8,10-22,25,27,30-33,35,38H2,1,3-7H3,(H,55,61). The van der Waals surface area contributed by atoms with E-state index in [2.05, 4.69) is 24.9 Å². The first-order valence-electron chi connectivity index (χ1n) is 25.0. The fourth-order valence-electron chi connectivity index (χ4n) is 10.2. The van der Waals surface area contributed by atoms with E-state index in [9.17, 15) is 19.8 Å². The molecular formula is C54H81N3O9. The number of oxime groups is 1. The summed E-state index contributed by atoms with van der Waals surface area (Å²) in [6.45, 7) is 13.0. The van der Waals surface area contributed by atoms with Crippen LogP contribution in [0.25, 0.3) is 0 Å². The van der Waals surface area contributed by atoms with Gasteiger partial charge < -0.3 is 44.2 Å². The molecule has 6 atom stereocenters. The summed E-state index contributed by atoms with van der Waals surface area (Å²) in [6.07, 6.45) is 20.6. The lowest BCUT2D eigenvalue weighted by atomic mass is 9.55. The van der Waals surface area contributed by atoms with Crippen LogP contribution in [0, 0.1) is 17.8 Å². The normalized spacial score (nSPS) is 22.6. The summed E-state index contributed by atoms with van der Waals surface area (Å²) >= 11 is 0. The van der Waals surface area contributed by atoms with Crippen molar-refractivity contribution in [2.24, 2.45) is 22.9 Å². The zero-order chi connectivity index (χ0) is 47.5. The predicted molar refractivity (Wildman–Crippen MR) is 261 cm³/mol. The van der Waals surface area contributed by atoms with E-state index in [4.69, 9.17) is 28.9 Å². The Morgan fingerprint density at radius 1 is 0.924 bits per heavy atom. The van der Waals surface area contributed by atoms with Gasteiger partial charge in [0.15, 0.2) is 0 Å². The van der Waals surface area contributed by atoms with Gasteiger partial charge in [-0.1, -0.05) is 107 Å². The minimum absolute atomic E-state index is 0.0279. The fraction of sp³-hybridized carbons (Fsp3) is 0.648. The van der Waals surface area contributed by atoms with Crippen molar-refractivity contribution in [2.45, 2.75) is 167 Å². The van der Waals surface area contributed by atoms with E-state index in [1.807, 2.05) is 57.2 Å². The SMILES string of the molecule is C=CCOC12Oc3ccc(OC(=O)NCCCCCCCCCCCC)cc3C3C(CCCCO)C(CCCCO)C=C(C(=NOC(C)(C)C)CC1N(C)C(=O)Cc1cccc(OC)c1)C32. The monoisotopic (exact) mass is 916 g/mol. The number of aliphatic hydroxyl groups is 2. The second-order valence-electron chi connectivity index (χ2n) is 19.5. The average molecular weight is 916 g/mol. The van der Waals surface area contributed by atoms with Gasteiger partial charge in [-0.3, -0.25) is 4.79 Å². The van der Waals surface area contributed by atoms with Crippen LogP contribution >= 0.6 is 0 Å². The number of methoxy groups -OCH3 is 1. The van der Waals surface area contributed by atoms with Crippen LogP contribution in [-0.4, -0.2) is 90.8 Å². The van der Waals surface area contributed by atoms with Crippen LogP contribution in [0.1, 0.15) is 154 Å². The number of ether oxygens (including phenoxy) is 4. The smallest absolute Gasteiger partial charge is 0.412 e. The van der Waals surface area contributed by atoms with Crippen LogP contribution in [0.5, 0.6) is 17.2 Å². The molecule has 1 fully saturated rings. The first-order valence-corrected chi connectivity index (χ1v) is 25.0. The maximum Gasteiger partial charge on any atom is 0.412 e. The molecule has 2 amide bonds. The van der Waals surface area contributed by atoms with Gasteiger partial charge in [0.25, 0.3) is 0 Å². The average Bonchev–Trinajstić information content (AvgIpc) is 3.30. The van der Waals surface area contributed by atoms with E-state index in [-0.39, 0.29) is 56.3 Å². The first-order chi connectivity index (χ1) is 31.9. The van der Waals surface area contributed by atoms with Crippen molar-refractivity contribution in [3.63, 3.8) is 0 Å². The van der Waals surface area contributed by atoms with E-state index in [0.29, 0.717) is 36.6 Å². The molecule has 0 aromatic heterocycles. The highest BCUT2D eigenvalue weighted by atomic mass is 16.7. The summed E-state index contributed by atoms with van der Waals surface area (Å²) in [6, 6.07) is 12.4. The molecule has 12 nitrogen and oxygen atoms in total. The third kappa shape index (κ3) is 14.3. The van der Waals surface area contributed by atoms with Crippen LogP contribution in [0.2, 0.25) is 0 Å². The number of allylic oxidation sites excluding steroid dienone is 1. The summed E-state index contributed by atoms with van der Waals surface area (Å²) < 4.78 is 25.8. The molecule has 0 radical (unpaired) electrons. The molecule has 12 heteroatoms. The second kappa shape index (κ2) is 26.2. The fourth-order valence-corrected chi connectivity index (χ4v) is 10.2. The number of benzene rings is 2. The molecule has 0 bridgehead atoms. The number of unbranched alkanes of at least 4 members (excludes halogenated alkanes) is 11. The predicted octanol–water partition coefficient (Wildman–Crippen LogP) is 10.8. The number of likely N-dealkylation sites (N-methyl/N-ethyl adjacent to an activating group) is 1. The van der Waals surface area contributed by atoms with Crippen LogP contribution in [0.3, 0.4) is 0 Å². The maximum absolute atomic E-state index is 14.6. The molecular weight excluding hydrogens is 835 g/mol. The van der Waals surface area contributed by atoms with Gasteiger partial charge in [0.05, 0.1) is 31.8 Å². The topological polar surface area (TPSA) is 148 Å². The molecule has 3 aliphatic rings. The van der Waals surface area contributed by atoms with Crippen molar-refractivity contribution >= 4 is 17.7 Å². The van der Waals surface area contributed by atoms with Crippen LogP contribution in [0.4, 0.5) is 4.79 Å². The minimum atomic E-state index is -1.39. The molecule has 1 aliphatic heterocycles. The van der Waals surface area contributed by atoms with Gasteiger partial charge in [0, 0.05) is 44.7 Å². The lowest BCUT2D eigenvalue weighted by Crippen LogP contribution is -2.69. The zero-order valence-corrected chi connectivity index (χ0v) is 41.0. The highest BCUT2D eigenvalue weighted by Crippen LogP contribution is 2.62. The lowest BCUT2D eigenvalue weighted by Gasteiger charge is -2.59. The van der Waals surface area contributed by atoms with Gasteiger partial charge in [0.2, 0.25) is 11.7 Å². The third-order valence-corrected chi connectivity index (χ3v) is 13.4. The number of amides is 2. The molecule has 366 valence electrons. The maximum atomic E-state index is 14.6. The van der Waals surface area contributed by atoms with Crippen molar-refractivity contribution in [1.29, 1.82) is 0 Å². The van der Waals surface area contributed by atoms with E-state index >= 15 is 0 Å². The number of hydrogen-bond donors (Lipinski definition) is 3. The number of nitrogens with zero attached hydrogens (tertiary/aromatic N) is 2. The molecule has 2 aromatic carbocycles. The lowest BCUT2D eigenvalue weighted by molar-refractivity contribution is -0.255. The molecule has 66 heavy (non-hydrogen) atoms. The molecule has 6 unspecified atom stereocenters.